The molecule has 0 aliphatic heterocycles. The Kier molecular flexibility index (Phi) is 5.58. The molecule has 2 rings (SSSR count). The van der Waals surface area contributed by atoms with Crippen LogP contribution in [0.4, 0.5) is 10.8 Å². The Labute approximate surface area is 132 Å². The number of hydrogen-bond acceptors (Lipinski definition) is 6. The van der Waals surface area contributed by atoms with Crippen LogP contribution in [0.2, 0.25) is 0 Å². The topological polar surface area (TPSA) is 66.9 Å². The van der Waals surface area contributed by atoms with Gasteiger partial charge in [-0.3, -0.25) is 4.79 Å². The van der Waals surface area contributed by atoms with Crippen LogP contribution in [-0.4, -0.2) is 27.9 Å². The number of aryl methyl sites for hydroxylation is 1. The average molecular weight is 322 g/mol. The number of rotatable bonds is 6. The Balaban J connectivity index is 1.96. The van der Waals surface area contributed by atoms with Gasteiger partial charge >= 0.3 is 0 Å². The van der Waals surface area contributed by atoms with Crippen LogP contribution in [0, 0.1) is 6.92 Å². The van der Waals surface area contributed by atoms with Gasteiger partial charge in [0.15, 0.2) is 4.34 Å². The molecule has 0 aliphatic carbocycles. The first-order valence-electron chi connectivity index (χ1n) is 6.70. The van der Waals surface area contributed by atoms with Crippen LogP contribution in [0.5, 0.6) is 0 Å². The number of benzene rings is 1. The second-order valence-electron chi connectivity index (χ2n) is 4.52. The number of thioether (sulfide) groups is 1. The summed E-state index contributed by atoms with van der Waals surface area (Å²) in [5, 5.41) is 14.8. The highest BCUT2D eigenvalue weighted by Gasteiger charge is 2.16. The molecule has 1 aromatic carbocycles. The summed E-state index contributed by atoms with van der Waals surface area (Å²) in [4.78, 5) is 11.7. The fourth-order valence-corrected chi connectivity index (χ4v) is 3.62. The number of carbonyl (C=O) groups excluding carboxylic acids is 1. The predicted octanol–water partition coefficient (Wildman–Crippen LogP) is 3.21. The zero-order valence-electron chi connectivity index (χ0n) is 12.2. The van der Waals surface area contributed by atoms with E-state index in [9.17, 15) is 4.79 Å². The van der Waals surface area contributed by atoms with Crippen molar-refractivity contribution in [3.05, 3.63) is 29.8 Å². The second kappa shape index (κ2) is 7.42. The van der Waals surface area contributed by atoms with E-state index in [0.29, 0.717) is 6.54 Å². The smallest absolute Gasteiger partial charge is 0.233 e. The fourth-order valence-electron chi connectivity index (χ4n) is 1.68. The van der Waals surface area contributed by atoms with Gasteiger partial charge < -0.3 is 10.6 Å². The lowest BCUT2D eigenvalue weighted by atomic mass is 10.2. The Morgan fingerprint density at radius 1 is 1.43 bits per heavy atom. The van der Waals surface area contributed by atoms with Crippen molar-refractivity contribution in [3.63, 3.8) is 0 Å². The molecule has 1 atom stereocenters. The lowest BCUT2D eigenvalue weighted by Gasteiger charge is -2.07. The number of aromatic nitrogens is 2. The van der Waals surface area contributed by atoms with Gasteiger partial charge in [-0.25, -0.2) is 0 Å². The quantitative estimate of drug-likeness (QED) is 0.799. The number of hydrogen-bond donors (Lipinski definition) is 2. The Bertz CT molecular complexity index is 615. The molecule has 112 valence electrons. The monoisotopic (exact) mass is 322 g/mol. The third-order valence-electron chi connectivity index (χ3n) is 2.67. The SMILES string of the molecule is CCNC(=O)[C@H](C)Sc1nnc(Nc2cccc(C)c2)s1. The lowest BCUT2D eigenvalue weighted by molar-refractivity contribution is -0.120. The molecule has 1 amide bonds. The molecule has 2 N–H and O–H groups in total. The van der Waals surface area contributed by atoms with Crippen molar-refractivity contribution in [3.8, 4) is 0 Å². The molecule has 2 aromatic rings. The zero-order chi connectivity index (χ0) is 15.2. The van der Waals surface area contributed by atoms with Crippen LogP contribution in [0.25, 0.3) is 0 Å². The first kappa shape index (κ1) is 15.8. The molecule has 7 heteroatoms. The number of carbonyl (C=O) groups is 1. The van der Waals surface area contributed by atoms with Crippen molar-refractivity contribution in [2.75, 3.05) is 11.9 Å². The Morgan fingerprint density at radius 2 is 2.24 bits per heavy atom. The van der Waals surface area contributed by atoms with E-state index < -0.39 is 0 Å². The summed E-state index contributed by atoms with van der Waals surface area (Å²) >= 11 is 2.87. The molecular formula is C14H18N4OS2. The molecular weight excluding hydrogens is 304 g/mol. The summed E-state index contributed by atoms with van der Waals surface area (Å²) in [6, 6.07) is 8.07. The predicted molar refractivity (Wildman–Crippen MR) is 88.4 cm³/mol. The van der Waals surface area contributed by atoms with E-state index in [1.54, 1.807) is 0 Å². The number of anilines is 2. The molecule has 0 fully saturated rings. The Hall–Kier alpha value is -1.60. The van der Waals surface area contributed by atoms with Gasteiger partial charge in [-0.2, -0.15) is 0 Å². The van der Waals surface area contributed by atoms with Crippen molar-refractivity contribution >= 4 is 39.8 Å². The van der Waals surface area contributed by atoms with Gasteiger partial charge in [-0.15, -0.1) is 10.2 Å². The number of amides is 1. The molecule has 21 heavy (non-hydrogen) atoms. The van der Waals surface area contributed by atoms with Gasteiger partial charge in [0.05, 0.1) is 5.25 Å². The molecule has 0 spiro atoms. The third-order valence-corrected chi connectivity index (χ3v) is 4.70. The molecule has 0 radical (unpaired) electrons. The first-order valence-corrected chi connectivity index (χ1v) is 8.39. The third kappa shape index (κ3) is 4.71. The first-order chi connectivity index (χ1) is 10.1. The van der Waals surface area contributed by atoms with Crippen molar-refractivity contribution in [1.82, 2.24) is 15.5 Å². The van der Waals surface area contributed by atoms with Gasteiger partial charge in [0.2, 0.25) is 11.0 Å². The average Bonchev–Trinajstić information content (AvgIpc) is 2.86. The van der Waals surface area contributed by atoms with E-state index in [1.165, 1.54) is 28.7 Å². The standard InChI is InChI=1S/C14H18N4OS2/c1-4-15-12(19)10(3)20-14-18-17-13(21-14)16-11-7-5-6-9(2)8-11/h5-8,10H,4H2,1-3H3,(H,15,19)(H,16,17)/t10-/m0/s1. The molecule has 0 saturated carbocycles. The molecule has 5 nitrogen and oxygen atoms in total. The van der Waals surface area contributed by atoms with Gasteiger partial charge in [-0.1, -0.05) is 35.2 Å². The Morgan fingerprint density at radius 3 is 2.95 bits per heavy atom. The lowest BCUT2D eigenvalue weighted by Crippen LogP contribution is -2.30. The fraction of sp³-hybridized carbons (Fsp3) is 0.357. The van der Waals surface area contributed by atoms with Gasteiger partial charge in [0, 0.05) is 12.2 Å². The second-order valence-corrected chi connectivity index (χ2v) is 7.09. The highest BCUT2D eigenvalue weighted by atomic mass is 32.2. The minimum absolute atomic E-state index is 0.0193. The molecule has 0 bridgehead atoms. The van der Waals surface area contributed by atoms with Gasteiger partial charge in [0.25, 0.3) is 0 Å². The zero-order valence-corrected chi connectivity index (χ0v) is 13.8. The molecule has 1 heterocycles. The minimum atomic E-state index is -0.176. The summed E-state index contributed by atoms with van der Waals surface area (Å²) in [6.45, 7) is 6.45. The van der Waals surface area contributed by atoms with Crippen LogP contribution >= 0.6 is 23.1 Å². The highest BCUT2D eigenvalue weighted by Crippen LogP contribution is 2.30. The van der Waals surface area contributed by atoms with E-state index in [1.807, 2.05) is 45.0 Å². The summed E-state index contributed by atoms with van der Waals surface area (Å²) < 4.78 is 0.781. The molecule has 1 aromatic heterocycles. The van der Waals surface area contributed by atoms with E-state index >= 15 is 0 Å². The van der Waals surface area contributed by atoms with Crippen molar-refractivity contribution in [1.29, 1.82) is 0 Å². The van der Waals surface area contributed by atoms with Crippen LogP contribution in [-0.2, 0) is 4.79 Å². The van der Waals surface area contributed by atoms with E-state index in [-0.39, 0.29) is 11.2 Å². The minimum Gasteiger partial charge on any atom is -0.355 e. The van der Waals surface area contributed by atoms with E-state index in [4.69, 9.17) is 0 Å². The normalized spacial score (nSPS) is 12.0. The summed E-state index contributed by atoms with van der Waals surface area (Å²) in [6.07, 6.45) is 0. The van der Waals surface area contributed by atoms with Gasteiger partial charge in [0.1, 0.15) is 0 Å². The van der Waals surface area contributed by atoms with Gasteiger partial charge in [-0.05, 0) is 38.5 Å². The molecule has 0 aliphatic rings. The number of nitrogens with one attached hydrogen (secondary N) is 2. The maximum absolute atomic E-state index is 11.7. The van der Waals surface area contributed by atoms with Crippen LogP contribution in [0.1, 0.15) is 19.4 Å². The summed E-state index contributed by atoms with van der Waals surface area (Å²) in [5.74, 6) is 0.0193. The van der Waals surface area contributed by atoms with E-state index in [0.717, 1.165) is 15.2 Å². The van der Waals surface area contributed by atoms with Crippen molar-refractivity contribution in [2.45, 2.75) is 30.4 Å². The van der Waals surface area contributed by atoms with Crippen LogP contribution in [0.3, 0.4) is 0 Å². The van der Waals surface area contributed by atoms with Crippen LogP contribution < -0.4 is 10.6 Å². The summed E-state index contributed by atoms with van der Waals surface area (Å²) in [7, 11) is 0. The van der Waals surface area contributed by atoms with E-state index in [2.05, 4.69) is 20.8 Å². The van der Waals surface area contributed by atoms with Crippen molar-refractivity contribution in [2.24, 2.45) is 0 Å². The molecule has 0 saturated heterocycles. The maximum atomic E-state index is 11.7. The largest absolute Gasteiger partial charge is 0.355 e. The maximum Gasteiger partial charge on any atom is 0.233 e. The number of nitrogens with zero attached hydrogens (tertiary/aromatic N) is 2. The highest BCUT2D eigenvalue weighted by molar-refractivity contribution is 8.02. The molecule has 0 unspecified atom stereocenters. The van der Waals surface area contributed by atoms with Crippen LogP contribution in [0.15, 0.2) is 28.6 Å². The van der Waals surface area contributed by atoms with Crippen molar-refractivity contribution < 1.29 is 4.79 Å². The summed E-state index contributed by atoms with van der Waals surface area (Å²) in [5.41, 5.74) is 2.17.